The van der Waals surface area contributed by atoms with Gasteiger partial charge in [-0.1, -0.05) is 6.08 Å². The second-order valence-electron chi connectivity index (χ2n) is 2.15. The normalized spacial score (nSPS) is 11.3. The molecule has 0 fully saturated rings. The van der Waals surface area contributed by atoms with Gasteiger partial charge in [-0.15, -0.1) is 6.58 Å². The average molecular weight is 178 g/mol. The Balaban J connectivity index is 0. The Morgan fingerprint density at radius 2 is 1.75 bits per heavy atom. The maximum Gasteiger partial charge on any atom is 0.0792 e. The summed E-state index contributed by atoms with van der Waals surface area (Å²) < 4.78 is 0. The fourth-order valence-corrected chi connectivity index (χ4v) is 0.332. The van der Waals surface area contributed by atoms with Gasteiger partial charge in [-0.3, -0.25) is 0 Å². The summed E-state index contributed by atoms with van der Waals surface area (Å²) >= 11 is 0. The zero-order valence-corrected chi connectivity index (χ0v) is 7.19. The van der Waals surface area contributed by atoms with Gasteiger partial charge in [-0.2, -0.15) is 0 Å². The fourth-order valence-electron chi connectivity index (χ4n) is 0.332. The zero-order valence-electron chi connectivity index (χ0n) is 7.19. The Bertz CT molecular complexity index is 85.1. The summed E-state index contributed by atoms with van der Waals surface area (Å²) in [5, 5.41) is 32.6. The molecule has 0 aromatic carbocycles. The van der Waals surface area contributed by atoms with E-state index in [1.807, 2.05) is 0 Å². The van der Waals surface area contributed by atoms with E-state index in [1.54, 1.807) is 6.08 Å². The monoisotopic (exact) mass is 178 g/mol. The molecule has 0 aliphatic rings. The van der Waals surface area contributed by atoms with Gasteiger partial charge in [0.1, 0.15) is 0 Å². The van der Waals surface area contributed by atoms with E-state index in [1.165, 1.54) is 0 Å². The van der Waals surface area contributed by atoms with Gasteiger partial charge >= 0.3 is 0 Å². The van der Waals surface area contributed by atoms with Crippen LogP contribution in [0.4, 0.5) is 0 Å². The van der Waals surface area contributed by atoms with Crippen LogP contribution in [0.15, 0.2) is 12.7 Å². The van der Waals surface area contributed by atoms with Crippen LogP contribution in [0.2, 0.25) is 0 Å². The van der Waals surface area contributed by atoms with Gasteiger partial charge in [0, 0.05) is 13.2 Å². The molecular weight excluding hydrogens is 160 g/mol. The van der Waals surface area contributed by atoms with Crippen LogP contribution in [0.25, 0.3) is 0 Å². The van der Waals surface area contributed by atoms with E-state index < -0.39 is 6.10 Å². The lowest BCUT2D eigenvalue weighted by atomic mass is 10.3. The molecule has 0 aromatic rings. The third kappa shape index (κ3) is 16.3. The number of hydrogen-bond acceptors (Lipinski definition) is 4. The summed E-state index contributed by atoms with van der Waals surface area (Å²) in [5.41, 5.74) is 0. The van der Waals surface area contributed by atoms with Crippen LogP contribution >= 0.6 is 0 Å². The van der Waals surface area contributed by atoms with E-state index in [4.69, 9.17) is 20.4 Å². The van der Waals surface area contributed by atoms with Crippen LogP contribution in [0.5, 0.6) is 0 Å². The molecule has 0 aliphatic carbocycles. The van der Waals surface area contributed by atoms with E-state index in [0.717, 1.165) is 0 Å². The van der Waals surface area contributed by atoms with Gasteiger partial charge in [-0.25, -0.2) is 0 Å². The topological polar surface area (TPSA) is 80.9 Å². The number of aliphatic hydroxyl groups excluding tert-OH is 4. The van der Waals surface area contributed by atoms with E-state index in [0.29, 0.717) is 6.42 Å². The van der Waals surface area contributed by atoms with E-state index >= 15 is 0 Å². The SMILES string of the molecule is C=CCCO.OCCC(O)CO. The summed E-state index contributed by atoms with van der Waals surface area (Å²) in [6.07, 6.45) is 1.90. The van der Waals surface area contributed by atoms with Gasteiger partial charge in [0.05, 0.1) is 12.7 Å². The Kier molecular flexibility index (Phi) is 15.5. The Labute approximate surface area is 72.8 Å². The van der Waals surface area contributed by atoms with Crippen molar-refractivity contribution in [2.75, 3.05) is 19.8 Å². The molecule has 1 unspecified atom stereocenters. The summed E-state index contributed by atoms with van der Waals surface area (Å²) in [6.45, 7) is 3.29. The zero-order chi connectivity index (χ0) is 9.82. The third-order valence-electron chi connectivity index (χ3n) is 1.01. The Hall–Kier alpha value is -0.420. The molecule has 0 rings (SSSR count). The molecule has 74 valence electrons. The van der Waals surface area contributed by atoms with Crippen LogP contribution in [0.3, 0.4) is 0 Å². The largest absolute Gasteiger partial charge is 0.396 e. The molecule has 0 radical (unpaired) electrons. The van der Waals surface area contributed by atoms with Crippen LogP contribution < -0.4 is 0 Å². The van der Waals surface area contributed by atoms with Gasteiger partial charge in [0.2, 0.25) is 0 Å². The highest BCUT2D eigenvalue weighted by Crippen LogP contribution is 1.84. The maximum absolute atomic E-state index is 8.45. The first-order valence-corrected chi connectivity index (χ1v) is 3.84. The summed E-state index contributed by atoms with van der Waals surface area (Å²) in [6, 6.07) is 0. The molecule has 4 nitrogen and oxygen atoms in total. The van der Waals surface area contributed by atoms with Crippen molar-refractivity contribution in [3.63, 3.8) is 0 Å². The lowest BCUT2D eigenvalue weighted by molar-refractivity contribution is 0.0721. The Morgan fingerprint density at radius 1 is 1.17 bits per heavy atom. The molecule has 12 heavy (non-hydrogen) atoms. The molecule has 0 bridgehead atoms. The highest BCUT2D eigenvalue weighted by atomic mass is 16.3. The minimum Gasteiger partial charge on any atom is -0.396 e. The van der Waals surface area contributed by atoms with Crippen LogP contribution in [0, 0.1) is 0 Å². The van der Waals surface area contributed by atoms with Gasteiger partial charge in [-0.05, 0) is 12.8 Å². The van der Waals surface area contributed by atoms with Gasteiger partial charge in [0.25, 0.3) is 0 Å². The van der Waals surface area contributed by atoms with Crippen molar-refractivity contribution in [1.82, 2.24) is 0 Å². The molecule has 0 amide bonds. The highest BCUT2D eigenvalue weighted by Gasteiger charge is 1.96. The van der Waals surface area contributed by atoms with Gasteiger partial charge < -0.3 is 20.4 Å². The molecule has 0 saturated heterocycles. The molecule has 1 atom stereocenters. The molecule has 0 heterocycles. The van der Waals surface area contributed by atoms with Crippen molar-refractivity contribution < 1.29 is 20.4 Å². The van der Waals surface area contributed by atoms with Crippen molar-refractivity contribution in [3.8, 4) is 0 Å². The summed E-state index contributed by atoms with van der Waals surface area (Å²) in [4.78, 5) is 0. The fraction of sp³-hybridized carbons (Fsp3) is 0.750. The number of rotatable bonds is 5. The molecule has 0 saturated carbocycles. The molecular formula is C8H18O4. The van der Waals surface area contributed by atoms with Crippen molar-refractivity contribution in [3.05, 3.63) is 12.7 Å². The Morgan fingerprint density at radius 3 is 1.83 bits per heavy atom. The van der Waals surface area contributed by atoms with E-state index in [2.05, 4.69) is 6.58 Å². The summed E-state index contributed by atoms with van der Waals surface area (Å²) in [5.74, 6) is 0. The second-order valence-corrected chi connectivity index (χ2v) is 2.15. The van der Waals surface area contributed by atoms with E-state index in [-0.39, 0.29) is 26.2 Å². The van der Waals surface area contributed by atoms with Crippen LogP contribution in [-0.4, -0.2) is 46.4 Å². The molecule has 0 spiro atoms. The first-order valence-electron chi connectivity index (χ1n) is 3.84. The minimum absolute atomic E-state index is 0.0677. The molecule has 4 heteroatoms. The molecule has 4 N–H and O–H groups in total. The predicted molar refractivity (Wildman–Crippen MR) is 46.7 cm³/mol. The van der Waals surface area contributed by atoms with Crippen molar-refractivity contribution in [2.45, 2.75) is 18.9 Å². The van der Waals surface area contributed by atoms with E-state index in [9.17, 15) is 0 Å². The quantitative estimate of drug-likeness (QED) is 0.419. The predicted octanol–water partition coefficient (Wildman–Crippen LogP) is -0.723. The van der Waals surface area contributed by atoms with Crippen LogP contribution in [-0.2, 0) is 0 Å². The molecule has 0 aliphatic heterocycles. The molecule has 0 aromatic heterocycles. The standard InChI is InChI=1S/C4H10O3.C4H8O/c5-2-1-4(7)3-6;1-2-3-4-5/h4-7H,1-3H2;2,5H,1,3-4H2. The van der Waals surface area contributed by atoms with Crippen LogP contribution in [0.1, 0.15) is 12.8 Å². The van der Waals surface area contributed by atoms with Crippen molar-refractivity contribution in [1.29, 1.82) is 0 Å². The number of aliphatic hydroxyl groups is 4. The minimum atomic E-state index is -0.745. The smallest absolute Gasteiger partial charge is 0.0792 e. The first-order chi connectivity index (χ1) is 5.72. The second kappa shape index (κ2) is 13.2. The third-order valence-corrected chi connectivity index (χ3v) is 1.01. The lowest BCUT2D eigenvalue weighted by Crippen LogP contribution is -2.12. The van der Waals surface area contributed by atoms with Gasteiger partial charge in [0.15, 0.2) is 0 Å². The lowest BCUT2D eigenvalue weighted by Gasteiger charge is -2.00. The first kappa shape index (κ1) is 14.1. The maximum atomic E-state index is 8.45. The summed E-state index contributed by atoms with van der Waals surface area (Å²) in [7, 11) is 0. The average Bonchev–Trinajstić information content (AvgIpc) is 2.07. The van der Waals surface area contributed by atoms with Crippen molar-refractivity contribution in [2.24, 2.45) is 0 Å². The van der Waals surface area contributed by atoms with Crippen molar-refractivity contribution >= 4 is 0 Å². The highest BCUT2D eigenvalue weighted by molar-refractivity contribution is 4.63. The number of hydrogen-bond donors (Lipinski definition) is 4.